The summed E-state index contributed by atoms with van der Waals surface area (Å²) in [5.74, 6) is 6.69. The smallest absolute Gasteiger partial charge is 0.239 e. The lowest BCUT2D eigenvalue weighted by molar-refractivity contribution is 0.644. The van der Waals surface area contributed by atoms with Gasteiger partial charge in [0.25, 0.3) is 0 Å². The lowest BCUT2D eigenvalue weighted by Gasteiger charge is -2.16. The summed E-state index contributed by atoms with van der Waals surface area (Å²) in [7, 11) is 0. The predicted octanol–water partition coefficient (Wildman–Crippen LogP) is 2.91. The largest absolute Gasteiger partial charge is 0.367 e. The molecule has 0 spiro atoms. The summed E-state index contributed by atoms with van der Waals surface area (Å²) in [6.07, 6.45) is 3.53. The van der Waals surface area contributed by atoms with Gasteiger partial charge in [0, 0.05) is 11.4 Å². The van der Waals surface area contributed by atoms with Gasteiger partial charge in [0.15, 0.2) is 0 Å². The molecule has 1 aromatic carbocycles. The standard InChI is InChI=1S/C14H21N5/c1-3-4-7-10(2)16-13-11-8-5-6-9-12(11)17-14(18-13)19-15/h5-6,8-10H,3-4,7,15H2,1-2H3,(H2,16,17,18,19). The van der Waals surface area contributed by atoms with Gasteiger partial charge in [-0.1, -0.05) is 31.9 Å². The van der Waals surface area contributed by atoms with Gasteiger partial charge in [-0.05, 0) is 25.5 Å². The molecule has 5 nitrogen and oxygen atoms in total. The fourth-order valence-electron chi connectivity index (χ4n) is 2.07. The number of para-hydroxylation sites is 1. The zero-order chi connectivity index (χ0) is 13.7. The quantitative estimate of drug-likeness (QED) is 0.549. The molecule has 5 heteroatoms. The fraction of sp³-hybridized carbons (Fsp3) is 0.429. The Morgan fingerprint density at radius 3 is 2.79 bits per heavy atom. The molecule has 2 rings (SSSR count). The van der Waals surface area contributed by atoms with Crippen LogP contribution in [0.25, 0.3) is 10.9 Å². The molecule has 0 aliphatic rings. The first-order valence-corrected chi connectivity index (χ1v) is 6.74. The minimum Gasteiger partial charge on any atom is -0.367 e. The molecule has 0 fully saturated rings. The van der Waals surface area contributed by atoms with Crippen LogP contribution in [0.3, 0.4) is 0 Å². The molecule has 0 radical (unpaired) electrons. The van der Waals surface area contributed by atoms with Gasteiger partial charge in [-0.2, -0.15) is 4.98 Å². The maximum atomic E-state index is 5.42. The third-order valence-corrected chi connectivity index (χ3v) is 3.11. The maximum absolute atomic E-state index is 5.42. The number of rotatable bonds is 6. The molecular formula is C14H21N5. The minimum atomic E-state index is 0.379. The van der Waals surface area contributed by atoms with Crippen molar-refractivity contribution in [2.24, 2.45) is 5.84 Å². The van der Waals surface area contributed by atoms with Crippen molar-refractivity contribution in [1.82, 2.24) is 9.97 Å². The summed E-state index contributed by atoms with van der Waals surface area (Å²) < 4.78 is 0. The highest BCUT2D eigenvalue weighted by Crippen LogP contribution is 2.22. The van der Waals surface area contributed by atoms with E-state index in [1.54, 1.807) is 0 Å². The van der Waals surface area contributed by atoms with E-state index in [0.29, 0.717) is 12.0 Å². The third-order valence-electron chi connectivity index (χ3n) is 3.11. The highest BCUT2D eigenvalue weighted by Gasteiger charge is 2.09. The first-order chi connectivity index (χ1) is 9.24. The average molecular weight is 259 g/mol. The lowest BCUT2D eigenvalue weighted by Crippen LogP contribution is -2.18. The molecule has 0 bridgehead atoms. The number of aromatic nitrogens is 2. The Morgan fingerprint density at radius 2 is 2.05 bits per heavy atom. The van der Waals surface area contributed by atoms with Gasteiger partial charge in [-0.3, -0.25) is 5.43 Å². The van der Waals surface area contributed by atoms with Crippen LogP contribution in [-0.2, 0) is 0 Å². The summed E-state index contributed by atoms with van der Waals surface area (Å²) in [5.41, 5.74) is 3.40. The number of hydrazine groups is 1. The van der Waals surface area contributed by atoms with E-state index in [0.717, 1.165) is 23.1 Å². The third kappa shape index (κ3) is 3.32. The Balaban J connectivity index is 2.29. The molecule has 1 aromatic heterocycles. The monoisotopic (exact) mass is 259 g/mol. The van der Waals surface area contributed by atoms with Gasteiger partial charge < -0.3 is 5.32 Å². The lowest BCUT2D eigenvalue weighted by atomic mass is 10.1. The van der Waals surface area contributed by atoms with Crippen LogP contribution in [0.5, 0.6) is 0 Å². The fourth-order valence-corrected chi connectivity index (χ4v) is 2.07. The number of nitrogen functional groups attached to an aromatic ring is 1. The van der Waals surface area contributed by atoms with E-state index in [-0.39, 0.29) is 0 Å². The molecular weight excluding hydrogens is 238 g/mol. The number of anilines is 2. The molecule has 102 valence electrons. The van der Waals surface area contributed by atoms with Crippen LogP contribution in [0.1, 0.15) is 33.1 Å². The Kier molecular flexibility index (Phi) is 4.52. The molecule has 0 saturated carbocycles. The number of benzene rings is 1. The van der Waals surface area contributed by atoms with E-state index in [2.05, 4.69) is 34.6 Å². The van der Waals surface area contributed by atoms with Crippen molar-refractivity contribution < 1.29 is 0 Å². The van der Waals surface area contributed by atoms with Crippen molar-refractivity contribution in [2.75, 3.05) is 10.7 Å². The molecule has 0 amide bonds. The molecule has 0 aliphatic heterocycles. The van der Waals surface area contributed by atoms with Crippen molar-refractivity contribution in [1.29, 1.82) is 0 Å². The Bertz CT molecular complexity index is 540. The van der Waals surface area contributed by atoms with Gasteiger partial charge in [0.2, 0.25) is 5.95 Å². The van der Waals surface area contributed by atoms with E-state index in [1.165, 1.54) is 12.8 Å². The summed E-state index contributed by atoms with van der Waals surface area (Å²) >= 11 is 0. The van der Waals surface area contributed by atoms with Gasteiger partial charge >= 0.3 is 0 Å². The second-order valence-corrected chi connectivity index (χ2v) is 4.74. The number of hydrogen-bond donors (Lipinski definition) is 3. The van der Waals surface area contributed by atoms with Crippen LogP contribution in [0, 0.1) is 0 Å². The van der Waals surface area contributed by atoms with Crippen molar-refractivity contribution in [2.45, 2.75) is 39.2 Å². The number of nitrogens with zero attached hydrogens (tertiary/aromatic N) is 2. The molecule has 1 atom stereocenters. The second kappa shape index (κ2) is 6.33. The van der Waals surface area contributed by atoms with Crippen LogP contribution < -0.4 is 16.6 Å². The molecule has 4 N–H and O–H groups in total. The zero-order valence-corrected chi connectivity index (χ0v) is 11.5. The number of unbranched alkanes of at least 4 members (excludes halogenated alkanes) is 1. The molecule has 1 heterocycles. The first kappa shape index (κ1) is 13.5. The van der Waals surface area contributed by atoms with E-state index in [1.807, 2.05) is 24.3 Å². The number of fused-ring (bicyclic) bond motifs is 1. The van der Waals surface area contributed by atoms with Gasteiger partial charge in [-0.25, -0.2) is 10.8 Å². The highest BCUT2D eigenvalue weighted by molar-refractivity contribution is 5.90. The van der Waals surface area contributed by atoms with Crippen LogP contribution in [0.4, 0.5) is 11.8 Å². The van der Waals surface area contributed by atoms with Crippen molar-refractivity contribution >= 4 is 22.7 Å². The predicted molar refractivity (Wildman–Crippen MR) is 80.0 cm³/mol. The van der Waals surface area contributed by atoms with Gasteiger partial charge in [-0.15, -0.1) is 0 Å². The molecule has 2 aromatic rings. The molecule has 19 heavy (non-hydrogen) atoms. The Labute approximate surface area is 113 Å². The van der Waals surface area contributed by atoms with Crippen LogP contribution in [0.2, 0.25) is 0 Å². The topological polar surface area (TPSA) is 75.9 Å². The Morgan fingerprint density at radius 1 is 1.26 bits per heavy atom. The summed E-state index contributed by atoms with van der Waals surface area (Å²) in [4.78, 5) is 8.75. The number of hydrogen-bond acceptors (Lipinski definition) is 5. The second-order valence-electron chi connectivity index (χ2n) is 4.74. The SMILES string of the molecule is CCCCC(C)Nc1nc(NN)nc2ccccc12. The van der Waals surface area contributed by atoms with Crippen LogP contribution >= 0.6 is 0 Å². The number of nitrogens with two attached hydrogens (primary N) is 1. The average Bonchev–Trinajstić information content (AvgIpc) is 2.44. The molecule has 0 saturated heterocycles. The highest BCUT2D eigenvalue weighted by atomic mass is 15.3. The maximum Gasteiger partial charge on any atom is 0.239 e. The Hall–Kier alpha value is -1.88. The summed E-state index contributed by atoms with van der Waals surface area (Å²) in [6, 6.07) is 8.30. The number of nitrogens with one attached hydrogen (secondary N) is 2. The van der Waals surface area contributed by atoms with E-state index in [9.17, 15) is 0 Å². The van der Waals surface area contributed by atoms with E-state index < -0.39 is 0 Å². The summed E-state index contributed by atoms with van der Waals surface area (Å²) in [5, 5.41) is 4.47. The van der Waals surface area contributed by atoms with Crippen molar-refractivity contribution in [3.8, 4) is 0 Å². The molecule has 0 aliphatic carbocycles. The van der Waals surface area contributed by atoms with Crippen LogP contribution in [-0.4, -0.2) is 16.0 Å². The van der Waals surface area contributed by atoms with Gasteiger partial charge in [0.1, 0.15) is 5.82 Å². The first-order valence-electron chi connectivity index (χ1n) is 6.74. The van der Waals surface area contributed by atoms with E-state index in [4.69, 9.17) is 5.84 Å². The van der Waals surface area contributed by atoms with Crippen LogP contribution in [0.15, 0.2) is 24.3 Å². The van der Waals surface area contributed by atoms with Gasteiger partial charge in [0.05, 0.1) is 5.52 Å². The minimum absolute atomic E-state index is 0.379. The van der Waals surface area contributed by atoms with Crippen molar-refractivity contribution in [3.63, 3.8) is 0 Å². The molecule has 1 unspecified atom stereocenters. The van der Waals surface area contributed by atoms with E-state index >= 15 is 0 Å². The zero-order valence-electron chi connectivity index (χ0n) is 11.5. The normalized spacial score (nSPS) is 12.4. The summed E-state index contributed by atoms with van der Waals surface area (Å²) in [6.45, 7) is 4.37. The van der Waals surface area contributed by atoms with Crippen molar-refractivity contribution in [3.05, 3.63) is 24.3 Å².